The highest BCUT2D eigenvalue weighted by Gasteiger charge is 2.35. The number of rotatable bonds is 8. The van der Waals surface area contributed by atoms with E-state index in [2.05, 4.69) is 0 Å². The first kappa shape index (κ1) is 22.7. The smallest absolute Gasteiger partial charge is 0.293 e. The van der Waals surface area contributed by atoms with Crippen molar-refractivity contribution in [3.05, 3.63) is 113 Å². The number of fused-ring (bicyclic) bond motifs is 1. The molecule has 0 atom stereocenters. The van der Waals surface area contributed by atoms with Crippen LogP contribution >= 0.6 is 11.8 Å². The first-order valence-corrected chi connectivity index (χ1v) is 12.1. The summed E-state index contributed by atoms with van der Waals surface area (Å²) in [7, 11) is 0. The Morgan fingerprint density at radius 2 is 1.49 bits per heavy atom. The Morgan fingerprint density at radius 1 is 0.771 bits per heavy atom. The topological polar surface area (TPSA) is 55.8 Å². The predicted octanol–water partition coefficient (Wildman–Crippen LogP) is 6.53. The van der Waals surface area contributed by atoms with Crippen molar-refractivity contribution in [1.82, 2.24) is 4.90 Å². The molecule has 2 amide bonds. The van der Waals surface area contributed by atoms with Crippen LogP contribution in [0.25, 0.3) is 16.8 Å². The van der Waals surface area contributed by atoms with Crippen molar-refractivity contribution in [3.8, 4) is 11.5 Å². The van der Waals surface area contributed by atoms with Gasteiger partial charge in [0.15, 0.2) is 0 Å². The second-order valence-corrected chi connectivity index (χ2v) is 8.96. The van der Waals surface area contributed by atoms with Crippen LogP contribution in [-0.4, -0.2) is 29.2 Å². The van der Waals surface area contributed by atoms with E-state index in [0.29, 0.717) is 23.0 Å². The van der Waals surface area contributed by atoms with E-state index in [-0.39, 0.29) is 24.3 Å². The van der Waals surface area contributed by atoms with Gasteiger partial charge >= 0.3 is 0 Å². The Balaban J connectivity index is 1.38. The highest BCUT2D eigenvalue weighted by atomic mass is 32.2. The van der Waals surface area contributed by atoms with E-state index in [0.717, 1.165) is 33.7 Å². The summed E-state index contributed by atoms with van der Waals surface area (Å²) in [5, 5.41) is 1.68. The fourth-order valence-electron chi connectivity index (χ4n) is 3.88. The molecular weight excluding hydrogens is 458 g/mol. The quantitative estimate of drug-likeness (QED) is 0.268. The molecule has 1 aliphatic heterocycles. The number of imide groups is 1. The normalized spacial score (nSPS) is 14.6. The highest BCUT2D eigenvalue weighted by Crippen LogP contribution is 2.37. The number of nitrogens with zero attached hydrogens (tertiary/aromatic N) is 1. The van der Waals surface area contributed by atoms with Crippen LogP contribution in [0, 0.1) is 0 Å². The minimum Gasteiger partial charge on any atom is -0.492 e. The Labute approximate surface area is 208 Å². The van der Waals surface area contributed by atoms with E-state index >= 15 is 0 Å². The Hall–Kier alpha value is -4.03. The van der Waals surface area contributed by atoms with E-state index in [1.165, 1.54) is 4.90 Å². The molecule has 1 saturated heterocycles. The molecule has 5 nitrogen and oxygen atoms in total. The molecule has 0 saturated carbocycles. The van der Waals surface area contributed by atoms with Gasteiger partial charge in [-0.05, 0) is 52.4 Å². The minimum atomic E-state index is -0.321. The third-order valence-electron chi connectivity index (χ3n) is 5.64. The molecular formula is C29H23NO4S. The molecule has 35 heavy (non-hydrogen) atoms. The zero-order valence-corrected chi connectivity index (χ0v) is 19.7. The number of ether oxygens (including phenoxy) is 2. The minimum absolute atomic E-state index is 0.184. The number of carbonyl (C=O) groups is 2. The molecule has 0 N–H and O–H groups in total. The summed E-state index contributed by atoms with van der Waals surface area (Å²) >= 11 is 0.942. The van der Waals surface area contributed by atoms with Crippen molar-refractivity contribution in [2.24, 2.45) is 0 Å². The molecule has 0 aliphatic carbocycles. The third kappa shape index (κ3) is 5.23. The van der Waals surface area contributed by atoms with Gasteiger partial charge in [0.25, 0.3) is 11.1 Å². The van der Waals surface area contributed by atoms with Crippen LogP contribution in [0.5, 0.6) is 11.5 Å². The maximum absolute atomic E-state index is 13.1. The van der Waals surface area contributed by atoms with Crippen LogP contribution in [0.2, 0.25) is 0 Å². The maximum Gasteiger partial charge on any atom is 0.293 e. The van der Waals surface area contributed by atoms with Gasteiger partial charge in [0.1, 0.15) is 24.7 Å². The lowest BCUT2D eigenvalue weighted by Gasteiger charge is -2.14. The monoisotopic (exact) mass is 481 g/mol. The molecule has 1 heterocycles. The van der Waals surface area contributed by atoms with Crippen LogP contribution in [0.3, 0.4) is 0 Å². The number of amides is 2. The van der Waals surface area contributed by atoms with Crippen LogP contribution < -0.4 is 9.47 Å². The first-order valence-electron chi connectivity index (χ1n) is 11.3. The second-order valence-electron chi connectivity index (χ2n) is 7.97. The molecule has 0 unspecified atom stereocenters. The summed E-state index contributed by atoms with van der Waals surface area (Å²) in [6, 6.07) is 31.1. The third-order valence-corrected chi connectivity index (χ3v) is 6.55. The Bertz CT molecular complexity index is 1390. The standard InChI is InChI=1S/C29H23NO4S/c31-28-27(35-29(32)30(28)17-18-33-23-12-5-2-6-13-23)19-25-24-14-8-7-11-22(24)15-16-26(25)34-20-21-9-3-1-4-10-21/h1-16,19H,17-18,20H2/b27-19-. The highest BCUT2D eigenvalue weighted by molar-refractivity contribution is 8.18. The van der Waals surface area contributed by atoms with Crippen molar-refractivity contribution in [1.29, 1.82) is 0 Å². The van der Waals surface area contributed by atoms with Crippen molar-refractivity contribution in [2.75, 3.05) is 13.2 Å². The van der Waals surface area contributed by atoms with Gasteiger partial charge in [0, 0.05) is 5.56 Å². The number of carbonyl (C=O) groups excluding carboxylic acids is 2. The number of hydrogen-bond donors (Lipinski definition) is 0. The van der Waals surface area contributed by atoms with Crippen LogP contribution in [-0.2, 0) is 11.4 Å². The predicted molar refractivity (Wildman–Crippen MR) is 139 cm³/mol. The molecule has 0 aromatic heterocycles. The van der Waals surface area contributed by atoms with E-state index in [1.54, 1.807) is 6.08 Å². The van der Waals surface area contributed by atoms with Crippen molar-refractivity contribution >= 4 is 39.8 Å². The van der Waals surface area contributed by atoms with Crippen molar-refractivity contribution in [3.63, 3.8) is 0 Å². The van der Waals surface area contributed by atoms with Gasteiger partial charge < -0.3 is 9.47 Å². The van der Waals surface area contributed by atoms with Gasteiger partial charge in [-0.15, -0.1) is 0 Å². The first-order chi connectivity index (χ1) is 17.2. The lowest BCUT2D eigenvalue weighted by molar-refractivity contribution is -0.123. The summed E-state index contributed by atoms with van der Waals surface area (Å²) < 4.78 is 11.8. The molecule has 1 aliphatic rings. The summed E-state index contributed by atoms with van der Waals surface area (Å²) in [5.41, 5.74) is 1.83. The molecule has 0 radical (unpaired) electrons. The van der Waals surface area contributed by atoms with E-state index in [1.807, 2.05) is 97.1 Å². The lowest BCUT2D eigenvalue weighted by Crippen LogP contribution is -2.32. The zero-order valence-electron chi connectivity index (χ0n) is 18.9. The van der Waals surface area contributed by atoms with Gasteiger partial charge in [0.05, 0.1) is 11.4 Å². The number of thioether (sulfide) groups is 1. The molecule has 174 valence electrons. The molecule has 4 aromatic carbocycles. The van der Waals surface area contributed by atoms with E-state index in [9.17, 15) is 9.59 Å². The molecule has 5 rings (SSSR count). The van der Waals surface area contributed by atoms with E-state index < -0.39 is 0 Å². The molecule has 0 bridgehead atoms. The SMILES string of the molecule is O=C1S/C(=C\c2c(OCc3ccccc3)ccc3ccccc23)C(=O)N1CCOc1ccccc1. The molecule has 6 heteroatoms. The number of hydrogen-bond acceptors (Lipinski definition) is 5. The van der Waals surface area contributed by atoms with E-state index in [4.69, 9.17) is 9.47 Å². The van der Waals surface area contributed by atoms with Crippen LogP contribution in [0.4, 0.5) is 4.79 Å². The van der Waals surface area contributed by atoms with Gasteiger partial charge in [-0.1, -0.05) is 78.9 Å². The Morgan fingerprint density at radius 3 is 2.29 bits per heavy atom. The fourth-order valence-corrected chi connectivity index (χ4v) is 4.73. The van der Waals surface area contributed by atoms with Gasteiger partial charge in [-0.25, -0.2) is 0 Å². The summed E-state index contributed by atoms with van der Waals surface area (Å²) in [6.45, 7) is 0.817. The summed E-state index contributed by atoms with van der Waals surface area (Å²) in [6.07, 6.45) is 1.77. The molecule has 1 fully saturated rings. The molecule has 0 spiro atoms. The largest absolute Gasteiger partial charge is 0.492 e. The zero-order chi connectivity index (χ0) is 24.0. The summed E-state index contributed by atoms with van der Waals surface area (Å²) in [4.78, 5) is 27.3. The molecule has 4 aromatic rings. The average Bonchev–Trinajstić information content (AvgIpc) is 3.17. The summed E-state index contributed by atoms with van der Waals surface area (Å²) in [5.74, 6) is 1.04. The van der Waals surface area contributed by atoms with Gasteiger partial charge in [-0.2, -0.15) is 0 Å². The fraction of sp³-hybridized carbons (Fsp3) is 0.103. The number of para-hydroxylation sites is 1. The van der Waals surface area contributed by atoms with Crippen LogP contribution in [0.15, 0.2) is 102 Å². The second kappa shape index (κ2) is 10.5. The maximum atomic E-state index is 13.1. The average molecular weight is 482 g/mol. The van der Waals surface area contributed by atoms with Gasteiger partial charge in [-0.3, -0.25) is 14.5 Å². The number of benzene rings is 4. The Kier molecular flexibility index (Phi) is 6.82. The van der Waals surface area contributed by atoms with Crippen molar-refractivity contribution < 1.29 is 19.1 Å². The van der Waals surface area contributed by atoms with Crippen LogP contribution in [0.1, 0.15) is 11.1 Å². The lowest BCUT2D eigenvalue weighted by atomic mass is 10.0. The van der Waals surface area contributed by atoms with Crippen molar-refractivity contribution in [2.45, 2.75) is 6.61 Å². The van der Waals surface area contributed by atoms with Gasteiger partial charge in [0.2, 0.25) is 0 Å².